The Kier molecular flexibility index (Phi) is 2.93. The summed E-state index contributed by atoms with van der Waals surface area (Å²) in [5.41, 5.74) is 1.43. The number of carboxylic acids is 1. The van der Waals surface area contributed by atoms with Crippen molar-refractivity contribution in [1.82, 2.24) is 0 Å². The molecule has 13 heavy (non-hydrogen) atoms. The fourth-order valence-corrected chi connectivity index (χ4v) is 1.33. The van der Waals surface area contributed by atoms with Crippen molar-refractivity contribution in [1.29, 1.82) is 0 Å². The third kappa shape index (κ3) is 2.45. The van der Waals surface area contributed by atoms with Crippen molar-refractivity contribution in [2.24, 2.45) is 0 Å². The van der Waals surface area contributed by atoms with Crippen LogP contribution < -0.4 is 0 Å². The molecule has 0 atom stereocenters. The molecule has 2 N–H and O–H groups in total. The van der Waals surface area contributed by atoms with E-state index in [4.69, 9.17) is 5.11 Å². The lowest BCUT2D eigenvalue weighted by Crippen LogP contribution is -2.00. The van der Waals surface area contributed by atoms with Crippen molar-refractivity contribution in [2.45, 2.75) is 13.3 Å². The Morgan fingerprint density at radius 3 is 2.62 bits per heavy atom. The van der Waals surface area contributed by atoms with Crippen LogP contribution in [0, 0.1) is 6.92 Å². The maximum Gasteiger partial charge on any atom is 0.307 e. The summed E-state index contributed by atoms with van der Waals surface area (Å²) in [6.07, 6.45) is -0.0678. The minimum Gasteiger partial charge on any atom is -0.507 e. The van der Waals surface area contributed by atoms with Crippen LogP contribution >= 0.6 is 15.9 Å². The molecule has 1 aromatic carbocycles. The van der Waals surface area contributed by atoms with E-state index in [1.807, 2.05) is 0 Å². The Hall–Kier alpha value is -1.03. The fraction of sp³-hybridized carbons (Fsp3) is 0.222. The molecule has 3 nitrogen and oxygen atoms in total. The highest BCUT2D eigenvalue weighted by Gasteiger charge is 2.06. The van der Waals surface area contributed by atoms with Gasteiger partial charge in [-0.05, 0) is 40.0 Å². The number of aliphatic carboxylic acids is 1. The molecule has 0 bridgehead atoms. The molecule has 1 rings (SSSR count). The summed E-state index contributed by atoms with van der Waals surface area (Å²) >= 11 is 3.18. The van der Waals surface area contributed by atoms with E-state index in [9.17, 15) is 9.90 Å². The van der Waals surface area contributed by atoms with E-state index in [2.05, 4.69) is 15.9 Å². The minimum absolute atomic E-state index is 0.0678. The molecule has 0 unspecified atom stereocenters. The van der Waals surface area contributed by atoms with Gasteiger partial charge in [0.2, 0.25) is 0 Å². The summed E-state index contributed by atoms with van der Waals surface area (Å²) in [4.78, 5) is 10.4. The standard InChI is InChI=1S/C9H9BrO3/c1-5-2-6(4-8(12)13)3-7(11)9(5)10/h2-3,11H,4H2,1H3,(H,12,13). The average molecular weight is 245 g/mol. The molecule has 0 spiro atoms. The Balaban J connectivity index is 3.06. The van der Waals surface area contributed by atoms with E-state index in [-0.39, 0.29) is 12.2 Å². The summed E-state index contributed by atoms with van der Waals surface area (Å²) in [5.74, 6) is -0.822. The first-order chi connectivity index (χ1) is 6.00. The van der Waals surface area contributed by atoms with Crippen LogP contribution in [-0.2, 0) is 11.2 Å². The van der Waals surface area contributed by atoms with E-state index in [1.165, 1.54) is 6.07 Å². The van der Waals surface area contributed by atoms with Gasteiger partial charge >= 0.3 is 5.97 Å². The molecule has 0 aliphatic carbocycles. The fourth-order valence-electron chi connectivity index (χ4n) is 1.10. The molecule has 0 saturated heterocycles. The summed E-state index contributed by atoms with van der Waals surface area (Å²) < 4.78 is 0.613. The smallest absolute Gasteiger partial charge is 0.307 e. The van der Waals surface area contributed by atoms with Crippen LogP contribution in [0.3, 0.4) is 0 Å². The number of phenols is 1. The molecule has 0 saturated carbocycles. The van der Waals surface area contributed by atoms with Crippen molar-refractivity contribution in [2.75, 3.05) is 0 Å². The Morgan fingerprint density at radius 2 is 2.15 bits per heavy atom. The number of carbonyl (C=O) groups is 1. The topological polar surface area (TPSA) is 57.5 Å². The van der Waals surface area contributed by atoms with E-state index in [1.54, 1.807) is 13.0 Å². The molecular weight excluding hydrogens is 236 g/mol. The Morgan fingerprint density at radius 1 is 1.54 bits per heavy atom. The van der Waals surface area contributed by atoms with Gasteiger partial charge in [-0.1, -0.05) is 6.07 Å². The summed E-state index contributed by atoms with van der Waals surface area (Å²) in [5, 5.41) is 17.9. The highest BCUT2D eigenvalue weighted by Crippen LogP contribution is 2.28. The number of aromatic hydroxyl groups is 1. The quantitative estimate of drug-likeness (QED) is 0.838. The first kappa shape index (κ1) is 10.1. The maximum absolute atomic E-state index is 10.4. The van der Waals surface area contributed by atoms with E-state index in [0.29, 0.717) is 10.0 Å². The van der Waals surface area contributed by atoms with Crippen LogP contribution in [0.15, 0.2) is 16.6 Å². The Bertz CT molecular complexity index is 324. The zero-order valence-electron chi connectivity index (χ0n) is 7.04. The monoisotopic (exact) mass is 244 g/mol. The number of phenolic OH excluding ortho intramolecular Hbond substituents is 1. The van der Waals surface area contributed by atoms with Gasteiger partial charge in [-0.3, -0.25) is 4.79 Å². The lowest BCUT2D eigenvalue weighted by atomic mass is 10.1. The molecule has 0 aromatic heterocycles. The third-order valence-corrected chi connectivity index (χ3v) is 2.68. The van der Waals surface area contributed by atoms with Gasteiger partial charge in [-0.2, -0.15) is 0 Å². The number of aryl methyl sites for hydroxylation is 1. The number of hydrogen-bond acceptors (Lipinski definition) is 2. The largest absolute Gasteiger partial charge is 0.507 e. The molecule has 70 valence electrons. The first-order valence-corrected chi connectivity index (χ1v) is 4.50. The predicted octanol–water partition coefficient (Wildman–Crippen LogP) is 2.09. The van der Waals surface area contributed by atoms with E-state index < -0.39 is 5.97 Å². The van der Waals surface area contributed by atoms with Gasteiger partial charge < -0.3 is 10.2 Å². The third-order valence-electron chi connectivity index (χ3n) is 1.65. The van der Waals surface area contributed by atoms with Gasteiger partial charge in [-0.15, -0.1) is 0 Å². The van der Waals surface area contributed by atoms with Gasteiger partial charge in [0.1, 0.15) is 5.75 Å². The lowest BCUT2D eigenvalue weighted by Gasteiger charge is -2.04. The van der Waals surface area contributed by atoms with Crippen LogP contribution in [0.1, 0.15) is 11.1 Å². The number of rotatable bonds is 2. The first-order valence-electron chi connectivity index (χ1n) is 3.70. The molecule has 0 fully saturated rings. The van der Waals surface area contributed by atoms with E-state index >= 15 is 0 Å². The number of hydrogen-bond donors (Lipinski definition) is 2. The van der Waals surface area contributed by atoms with Crippen LogP contribution in [0.2, 0.25) is 0 Å². The summed E-state index contributed by atoms with van der Waals surface area (Å²) in [6, 6.07) is 3.18. The lowest BCUT2D eigenvalue weighted by molar-refractivity contribution is -0.136. The molecular formula is C9H9BrO3. The molecule has 4 heteroatoms. The second-order valence-electron chi connectivity index (χ2n) is 2.82. The van der Waals surface area contributed by atoms with Crippen molar-refractivity contribution >= 4 is 21.9 Å². The highest BCUT2D eigenvalue weighted by molar-refractivity contribution is 9.10. The van der Waals surface area contributed by atoms with Gasteiger partial charge in [0.25, 0.3) is 0 Å². The van der Waals surface area contributed by atoms with Crippen LogP contribution in [0.5, 0.6) is 5.75 Å². The van der Waals surface area contributed by atoms with Crippen molar-refractivity contribution in [3.05, 3.63) is 27.7 Å². The van der Waals surface area contributed by atoms with Crippen molar-refractivity contribution < 1.29 is 15.0 Å². The second-order valence-corrected chi connectivity index (χ2v) is 3.61. The molecule has 0 amide bonds. The predicted molar refractivity (Wildman–Crippen MR) is 51.9 cm³/mol. The highest BCUT2D eigenvalue weighted by atomic mass is 79.9. The second kappa shape index (κ2) is 3.79. The minimum atomic E-state index is -0.902. The SMILES string of the molecule is Cc1cc(CC(=O)O)cc(O)c1Br. The Labute approximate surface area is 84.1 Å². The van der Waals surface area contributed by atoms with Gasteiger partial charge in [0.15, 0.2) is 0 Å². The number of carboxylic acid groups (broad SMARTS) is 1. The van der Waals surface area contributed by atoms with E-state index in [0.717, 1.165) is 5.56 Å². The van der Waals surface area contributed by atoms with Gasteiger partial charge in [0, 0.05) is 0 Å². The van der Waals surface area contributed by atoms with Crippen LogP contribution in [-0.4, -0.2) is 16.2 Å². The van der Waals surface area contributed by atoms with Crippen molar-refractivity contribution in [3.63, 3.8) is 0 Å². The molecule has 0 heterocycles. The normalized spacial score (nSPS) is 10.0. The zero-order valence-corrected chi connectivity index (χ0v) is 8.63. The zero-order chi connectivity index (χ0) is 10.0. The molecule has 1 aromatic rings. The summed E-state index contributed by atoms with van der Waals surface area (Å²) in [6.45, 7) is 1.80. The van der Waals surface area contributed by atoms with Gasteiger partial charge in [-0.25, -0.2) is 0 Å². The van der Waals surface area contributed by atoms with Gasteiger partial charge in [0.05, 0.1) is 10.9 Å². The number of halogens is 1. The van der Waals surface area contributed by atoms with Crippen LogP contribution in [0.4, 0.5) is 0 Å². The van der Waals surface area contributed by atoms with Crippen molar-refractivity contribution in [3.8, 4) is 5.75 Å². The molecule has 0 radical (unpaired) electrons. The summed E-state index contributed by atoms with van der Waals surface area (Å²) in [7, 11) is 0. The molecule has 0 aliphatic heterocycles. The number of benzene rings is 1. The van der Waals surface area contributed by atoms with Crippen LogP contribution in [0.25, 0.3) is 0 Å². The maximum atomic E-state index is 10.4. The molecule has 0 aliphatic rings. The average Bonchev–Trinajstić information content (AvgIpc) is 1.98.